The lowest BCUT2D eigenvalue weighted by molar-refractivity contribution is 0.989. The molecule has 2 heterocycles. The zero-order valence-corrected chi connectivity index (χ0v) is 10.8. The van der Waals surface area contributed by atoms with Crippen molar-refractivity contribution in [2.45, 2.75) is 6.42 Å². The second kappa shape index (κ2) is 5.01. The fraction of sp³-hybridized carbons (Fsp3) is 0.222. The number of hydrogen-bond acceptors (Lipinski definition) is 4. The van der Waals surface area contributed by atoms with Gasteiger partial charge < -0.3 is 0 Å². The minimum atomic E-state index is 0.575. The van der Waals surface area contributed by atoms with Gasteiger partial charge in [0.15, 0.2) is 0 Å². The maximum atomic E-state index is 5.64. The first-order valence-electron chi connectivity index (χ1n) is 4.29. The van der Waals surface area contributed by atoms with Crippen LogP contribution < -0.4 is 0 Å². The number of alkyl halides is 1. The van der Waals surface area contributed by atoms with Crippen molar-refractivity contribution in [1.29, 1.82) is 0 Å². The third-order valence-electron chi connectivity index (χ3n) is 1.73. The van der Waals surface area contributed by atoms with Crippen molar-refractivity contribution in [2.24, 2.45) is 0 Å². The molecule has 78 valence electrons. The molecule has 0 radical (unpaired) electrons. The summed E-state index contributed by atoms with van der Waals surface area (Å²) in [4.78, 5) is 4.08. The Morgan fingerprint density at radius 1 is 1.33 bits per heavy atom. The molecule has 0 aliphatic heterocycles. The molecule has 0 aliphatic rings. The van der Waals surface area contributed by atoms with Gasteiger partial charge in [0, 0.05) is 34.7 Å². The Morgan fingerprint density at radius 3 is 2.93 bits per heavy atom. The van der Waals surface area contributed by atoms with Crippen molar-refractivity contribution in [2.75, 3.05) is 5.88 Å². The van der Waals surface area contributed by atoms with Gasteiger partial charge in [-0.2, -0.15) is 0 Å². The Morgan fingerprint density at radius 2 is 2.20 bits per heavy atom. The number of nitrogens with zero attached hydrogens (tertiary/aromatic N) is 3. The molecule has 0 fully saturated rings. The molecule has 0 N–H and O–H groups in total. The molecule has 0 aromatic carbocycles. The van der Waals surface area contributed by atoms with Crippen molar-refractivity contribution in [1.82, 2.24) is 15.2 Å². The summed E-state index contributed by atoms with van der Waals surface area (Å²) in [5.74, 6) is 0.575. The monoisotopic (exact) mass is 303 g/mol. The van der Waals surface area contributed by atoms with Gasteiger partial charge in [0.1, 0.15) is 10.0 Å². The molecule has 2 rings (SSSR count). The molecule has 0 unspecified atom stereocenters. The van der Waals surface area contributed by atoms with E-state index in [-0.39, 0.29) is 0 Å². The third kappa shape index (κ3) is 2.74. The number of aromatic nitrogens is 3. The van der Waals surface area contributed by atoms with E-state index in [1.807, 2.05) is 6.07 Å². The van der Waals surface area contributed by atoms with E-state index < -0.39 is 0 Å². The van der Waals surface area contributed by atoms with Gasteiger partial charge in [0.25, 0.3) is 0 Å². The zero-order chi connectivity index (χ0) is 10.7. The van der Waals surface area contributed by atoms with E-state index >= 15 is 0 Å². The van der Waals surface area contributed by atoms with E-state index in [9.17, 15) is 0 Å². The van der Waals surface area contributed by atoms with E-state index in [1.165, 1.54) is 0 Å². The number of halogens is 2. The number of rotatable bonds is 3. The highest BCUT2D eigenvalue weighted by molar-refractivity contribution is 9.10. The van der Waals surface area contributed by atoms with Crippen LogP contribution in [0.15, 0.2) is 22.9 Å². The number of pyridine rings is 1. The summed E-state index contributed by atoms with van der Waals surface area (Å²) in [7, 11) is 0. The van der Waals surface area contributed by atoms with Gasteiger partial charge in [0.05, 0.1) is 0 Å². The fourth-order valence-corrected chi connectivity index (χ4v) is 2.56. The summed E-state index contributed by atoms with van der Waals surface area (Å²) in [5, 5.41) is 9.99. The molecule has 0 spiro atoms. The van der Waals surface area contributed by atoms with E-state index in [4.69, 9.17) is 11.6 Å². The fourth-order valence-electron chi connectivity index (χ4n) is 1.08. The predicted octanol–water partition coefficient (Wildman–Crippen LogP) is 3.14. The van der Waals surface area contributed by atoms with Crippen molar-refractivity contribution in [3.8, 4) is 10.6 Å². The summed E-state index contributed by atoms with van der Waals surface area (Å²) < 4.78 is 0.939. The highest BCUT2D eigenvalue weighted by atomic mass is 79.9. The molecule has 0 atom stereocenters. The normalized spacial score (nSPS) is 10.5. The largest absolute Gasteiger partial charge is 0.263 e. The van der Waals surface area contributed by atoms with Crippen molar-refractivity contribution in [3.63, 3.8) is 0 Å². The van der Waals surface area contributed by atoms with Crippen LogP contribution in [-0.4, -0.2) is 21.1 Å². The van der Waals surface area contributed by atoms with E-state index in [0.29, 0.717) is 5.88 Å². The average molecular weight is 305 g/mol. The van der Waals surface area contributed by atoms with Gasteiger partial charge in [-0.1, -0.05) is 11.3 Å². The van der Waals surface area contributed by atoms with Gasteiger partial charge in [-0.15, -0.1) is 21.8 Å². The Balaban J connectivity index is 2.29. The van der Waals surface area contributed by atoms with Crippen molar-refractivity contribution < 1.29 is 0 Å². The minimum absolute atomic E-state index is 0.575. The van der Waals surface area contributed by atoms with Gasteiger partial charge in [0.2, 0.25) is 0 Å². The topological polar surface area (TPSA) is 38.7 Å². The lowest BCUT2D eigenvalue weighted by atomic mass is 10.3. The molecule has 0 bridgehead atoms. The number of hydrogen-bond donors (Lipinski definition) is 0. The second-order valence-corrected chi connectivity index (χ2v) is 5.19. The van der Waals surface area contributed by atoms with E-state index in [1.54, 1.807) is 23.7 Å². The molecule has 15 heavy (non-hydrogen) atoms. The Hall–Kier alpha value is -0.520. The van der Waals surface area contributed by atoms with E-state index in [2.05, 4.69) is 31.1 Å². The molecule has 0 amide bonds. The summed E-state index contributed by atoms with van der Waals surface area (Å²) >= 11 is 10.6. The van der Waals surface area contributed by atoms with Crippen molar-refractivity contribution >= 4 is 38.9 Å². The van der Waals surface area contributed by atoms with Crippen LogP contribution in [0.3, 0.4) is 0 Å². The third-order valence-corrected chi connectivity index (χ3v) is 3.38. The summed E-state index contributed by atoms with van der Waals surface area (Å²) in [6.07, 6.45) is 4.28. The summed E-state index contributed by atoms with van der Waals surface area (Å²) in [5.41, 5.74) is 0.975. The van der Waals surface area contributed by atoms with Gasteiger partial charge in [-0.05, 0) is 22.0 Å². The lowest BCUT2D eigenvalue weighted by Gasteiger charge is -1.94. The first-order chi connectivity index (χ1) is 7.29. The second-order valence-electron chi connectivity index (χ2n) is 2.83. The van der Waals surface area contributed by atoms with Crippen LogP contribution in [-0.2, 0) is 6.42 Å². The van der Waals surface area contributed by atoms with Crippen LogP contribution in [0.4, 0.5) is 0 Å². The summed E-state index contributed by atoms with van der Waals surface area (Å²) in [6.45, 7) is 0. The molecular formula is C9H7BrClN3S. The van der Waals surface area contributed by atoms with Crippen LogP contribution in [0.1, 0.15) is 5.01 Å². The minimum Gasteiger partial charge on any atom is -0.263 e. The average Bonchev–Trinajstić information content (AvgIpc) is 2.67. The SMILES string of the molecule is ClCCc1nnc(-c2cncc(Br)c2)s1. The van der Waals surface area contributed by atoms with Crippen LogP contribution in [0.2, 0.25) is 0 Å². The maximum Gasteiger partial charge on any atom is 0.149 e. The first-order valence-corrected chi connectivity index (χ1v) is 6.43. The highest BCUT2D eigenvalue weighted by Gasteiger charge is 2.06. The van der Waals surface area contributed by atoms with Crippen LogP contribution in [0, 0.1) is 0 Å². The molecule has 2 aromatic heterocycles. The first kappa shape index (κ1) is 11.0. The number of aryl methyl sites for hydroxylation is 1. The molecular weight excluding hydrogens is 298 g/mol. The molecule has 0 aliphatic carbocycles. The summed E-state index contributed by atoms with van der Waals surface area (Å²) in [6, 6.07) is 1.97. The molecule has 6 heteroatoms. The lowest BCUT2D eigenvalue weighted by Crippen LogP contribution is -1.83. The molecule has 0 saturated heterocycles. The van der Waals surface area contributed by atoms with Crippen LogP contribution >= 0.6 is 38.9 Å². The van der Waals surface area contributed by atoms with Gasteiger partial charge in [-0.25, -0.2) is 0 Å². The predicted molar refractivity (Wildman–Crippen MR) is 65.3 cm³/mol. The van der Waals surface area contributed by atoms with Gasteiger partial charge in [-0.3, -0.25) is 4.98 Å². The van der Waals surface area contributed by atoms with Crippen LogP contribution in [0.5, 0.6) is 0 Å². The standard InChI is InChI=1S/C9H7BrClN3S/c10-7-3-6(4-12-5-7)9-14-13-8(15-9)1-2-11/h3-5H,1-2H2. The quantitative estimate of drug-likeness (QED) is 0.818. The maximum absolute atomic E-state index is 5.64. The molecule has 3 nitrogen and oxygen atoms in total. The Kier molecular flexibility index (Phi) is 3.66. The van der Waals surface area contributed by atoms with E-state index in [0.717, 1.165) is 26.5 Å². The Labute approximate surface area is 105 Å². The Bertz CT molecular complexity index is 460. The zero-order valence-electron chi connectivity index (χ0n) is 7.65. The van der Waals surface area contributed by atoms with Crippen LogP contribution in [0.25, 0.3) is 10.6 Å². The smallest absolute Gasteiger partial charge is 0.149 e. The van der Waals surface area contributed by atoms with Crippen molar-refractivity contribution in [3.05, 3.63) is 27.9 Å². The molecule has 2 aromatic rings. The highest BCUT2D eigenvalue weighted by Crippen LogP contribution is 2.25. The molecule has 0 saturated carbocycles. The van der Waals surface area contributed by atoms with Gasteiger partial charge >= 0.3 is 0 Å².